The third-order valence-electron chi connectivity index (χ3n) is 4.20. The summed E-state index contributed by atoms with van der Waals surface area (Å²) < 4.78 is 19.0. The van der Waals surface area contributed by atoms with E-state index in [0.29, 0.717) is 20.9 Å². The van der Waals surface area contributed by atoms with Crippen molar-refractivity contribution in [1.29, 1.82) is 0 Å². The van der Waals surface area contributed by atoms with Crippen molar-refractivity contribution in [2.45, 2.75) is 4.34 Å². The molecule has 7 nitrogen and oxygen atoms in total. The Labute approximate surface area is 191 Å². The van der Waals surface area contributed by atoms with E-state index in [0.717, 1.165) is 22.1 Å². The minimum atomic E-state index is -0.372. The number of benzene rings is 3. The highest BCUT2D eigenvalue weighted by Crippen LogP contribution is 2.26. The summed E-state index contributed by atoms with van der Waals surface area (Å²) in [5.41, 5.74) is 0.508. The van der Waals surface area contributed by atoms with Crippen molar-refractivity contribution >= 4 is 56.5 Å². The van der Waals surface area contributed by atoms with Crippen LogP contribution in [0.1, 0.15) is 0 Å². The van der Waals surface area contributed by atoms with Gasteiger partial charge in [-0.1, -0.05) is 53.4 Å². The van der Waals surface area contributed by atoms with Crippen molar-refractivity contribution in [1.82, 2.24) is 10.2 Å². The number of nitrogens with zero attached hydrogens (tertiary/aromatic N) is 2. The standard InChI is InChI=1S/C22H17FN4O3S2/c23-16-6-8-17(9-7-16)24-20(29)13-31-22-27-26-21(32-22)25-19(28)12-30-18-10-5-14-3-1-2-4-15(14)11-18/h1-11H,12-13H2,(H,24,29)(H,25,26,28). The number of aromatic nitrogens is 2. The van der Waals surface area contributed by atoms with Gasteiger partial charge >= 0.3 is 0 Å². The summed E-state index contributed by atoms with van der Waals surface area (Å²) >= 11 is 2.35. The van der Waals surface area contributed by atoms with Crippen LogP contribution in [0.5, 0.6) is 5.75 Å². The number of carbonyl (C=O) groups is 2. The van der Waals surface area contributed by atoms with Crippen LogP contribution in [-0.4, -0.2) is 34.4 Å². The summed E-state index contributed by atoms with van der Waals surface area (Å²) in [4.78, 5) is 24.2. The first-order chi connectivity index (χ1) is 15.5. The highest BCUT2D eigenvalue weighted by atomic mass is 32.2. The largest absolute Gasteiger partial charge is 0.484 e. The zero-order valence-electron chi connectivity index (χ0n) is 16.6. The molecule has 0 unspecified atom stereocenters. The average molecular weight is 469 g/mol. The molecule has 10 heteroatoms. The van der Waals surface area contributed by atoms with E-state index < -0.39 is 0 Å². The summed E-state index contributed by atoms with van der Waals surface area (Å²) in [5, 5.41) is 15.6. The highest BCUT2D eigenvalue weighted by molar-refractivity contribution is 8.01. The number of hydrogen-bond acceptors (Lipinski definition) is 7. The first-order valence-electron chi connectivity index (χ1n) is 9.48. The Hall–Kier alpha value is -3.50. The minimum Gasteiger partial charge on any atom is -0.484 e. The fourth-order valence-corrected chi connectivity index (χ4v) is 4.31. The minimum absolute atomic E-state index is 0.102. The topological polar surface area (TPSA) is 93.2 Å². The first kappa shape index (κ1) is 21.7. The smallest absolute Gasteiger partial charge is 0.264 e. The van der Waals surface area contributed by atoms with Crippen LogP contribution in [0.3, 0.4) is 0 Å². The Bertz CT molecular complexity index is 1250. The number of ether oxygens (including phenoxy) is 1. The molecule has 0 saturated carbocycles. The second-order valence-electron chi connectivity index (χ2n) is 6.56. The van der Waals surface area contributed by atoms with Crippen molar-refractivity contribution in [3.05, 3.63) is 72.5 Å². The van der Waals surface area contributed by atoms with Crippen molar-refractivity contribution in [2.24, 2.45) is 0 Å². The molecular formula is C22H17FN4O3S2. The second-order valence-corrected chi connectivity index (χ2v) is 8.76. The molecule has 4 rings (SSSR count). The lowest BCUT2D eigenvalue weighted by Crippen LogP contribution is -2.20. The van der Waals surface area contributed by atoms with Crippen LogP contribution in [0.4, 0.5) is 15.2 Å². The molecule has 0 fully saturated rings. The molecular weight excluding hydrogens is 451 g/mol. The predicted molar refractivity (Wildman–Crippen MR) is 124 cm³/mol. The number of nitrogens with one attached hydrogen (secondary N) is 2. The second kappa shape index (κ2) is 10.2. The predicted octanol–water partition coefficient (Wildman–Crippen LogP) is 4.58. The Kier molecular flexibility index (Phi) is 6.93. The Morgan fingerprint density at radius 2 is 1.72 bits per heavy atom. The van der Waals surface area contributed by atoms with E-state index in [4.69, 9.17) is 4.74 Å². The number of anilines is 2. The molecule has 0 saturated heterocycles. The van der Waals surface area contributed by atoms with Crippen molar-refractivity contribution in [3.8, 4) is 5.75 Å². The molecule has 162 valence electrons. The monoisotopic (exact) mass is 468 g/mol. The SMILES string of the molecule is O=C(CSc1nnc(NC(=O)COc2ccc3ccccc3c2)s1)Nc1ccc(F)cc1. The fourth-order valence-electron chi connectivity index (χ4n) is 2.74. The average Bonchev–Trinajstić information content (AvgIpc) is 3.25. The summed E-state index contributed by atoms with van der Waals surface area (Å²) in [6.07, 6.45) is 0. The van der Waals surface area contributed by atoms with Gasteiger partial charge in [-0.25, -0.2) is 4.39 Å². The van der Waals surface area contributed by atoms with Crippen LogP contribution in [0.2, 0.25) is 0 Å². The van der Waals surface area contributed by atoms with Crippen LogP contribution in [0.15, 0.2) is 71.1 Å². The Morgan fingerprint density at radius 3 is 2.53 bits per heavy atom. The van der Waals surface area contributed by atoms with Gasteiger partial charge in [0.15, 0.2) is 10.9 Å². The zero-order chi connectivity index (χ0) is 22.3. The van der Waals surface area contributed by atoms with Crippen LogP contribution in [0, 0.1) is 5.82 Å². The molecule has 4 aromatic rings. The summed E-state index contributed by atoms with van der Waals surface area (Å²) in [6.45, 7) is -0.166. The van der Waals surface area contributed by atoms with Gasteiger partial charge < -0.3 is 10.1 Å². The Balaban J connectivity index is 1.22. The van der Waals surface area contributed by atoms with E-state index in [-0.39, 0.29) is 30.0 Å². The van der Waals surface area contributed by atoms with Crippen LogP contribution >= 0.6 is 23.1 Å². The third kappa shape index (κ3) is 6.02. The molecule has 0 radical (unpaired) electrons. The first-order valence-corrected chi connectivity index (χ1v) is 11.3. The quantitative estimate of drug-likeness (QED) is 0.291. The summed E-state index contributed by atoms with van der Waals surface area (Å²) in [6, 6.07) is 19.0. The number of rotatable bonds is 8. The van der Waals surface area contributed by atoms with Gasteiger partial charge in [0.05, 0.1) is 5.75 Å². The molecule has 32 heavy (non-hydrogen) atoms. The van der Waals surface area contributed by atoms with Crippen LogP contribution in [-0.2, 0) is 9.59 Å². The normalized spacial score (nSPS) is 10.7. The maximum Gasteiger partial charge on any atom is 0.264 e. The molecule has 0 aliphatic carbocycles. The lowest BCUT2D eigenvalue weighted by molar-refractivity contribution is -0.118. The van der Waals surface area contributed by atoms with E-state index in [1.807, 2.05) is 42.5 Å². The number of carbonyl (C=O) groups excluding carboxylic acids is 2. The molecule has 0 aliphatic rings. The van der Waals surface area contributed by atoms with Gasteiger partial charge in [0, 0.05) is 5.69 Å². The van der Waals surface area contributed by atoms with Gasteiger partial charge in [-0.2, -0.15) is 0 Å². The van der Waals surface area contributed by atoms with E-state index in [2.05, 4.69) is 20.8 Å². The number of fused-ring (bicyclic) bond motifs is 1. The van der Waals surface area contributed by atoms with Gasteiger partial charge in [0.2, 0.25) is 11.0 Å². The van der Waals surface area contributed by atoms with Gasteiger partial charge in [0.25, 0.3) is 5.91 Å². The lowest BCUT2D eigenvalue weighted by Gasteiger charge is -2.06. The number of amides is 2. The molecule has 1 heterocycles. The van der Waals surface area contributed by atoms with E-state index in [9.17, 15) is 14.0 Å². The lowest BCUT2D eigenvalue weighted by atomic mass is 10.1. The van der Waals surface area contributed by atoms with Gasteiger partial charge in [-0.15, -0.1) is 10.2 Å². The van der Waals surface area contributed by atoms with Crippen molar-refractivity contribution < 1.29 is 18.7 Å². The number of halogens is 1. The summed E-state index contributed by atoms with van der Waals surface area (Å²) in [7, 11) is 0. The molecule has 0 atom stereocenters. The number of hydrogen-bond donors (Lipinski definition) is 2. The fraction of sp³-hybridized carbons (Fsp3) is 0.0909. The summed E-state index contributed by atoms with van der Waals surface area (Å²) in [5.74, 6) is -0.292. The van der Waals surface area contributed by atoms with Crippen molar-refractivity contribution in [3.63, 3.8) is 0 Å². The maximum atomic E-state index is 12.9. The van der Waals surface area contributed by atoms with Gasteiger partial charge in [0.1, 0.15) is 11.6 Å². The number of thioether (sulfide) groups is 1. The van der Waals surface area contributed by atoms with Crippen molar-refractivity contribution in [2.75, 3.05) is 23.0 Å². The third-order valence-corrected chi connectivity index (χ3v) is 6.17. The van der Waals surface area contributed by atoms with Gasteiger partial charge in [-0.05, 0) is 47.2 Å². The van der Waals surface area contributed by atoms with Crippen LogP contribution < -0.4 is 15.4 Å². The highest BCUT2D eigenvalue weighted by Gasteiger charge is 2.11. The van der Waals surface area contributed by atoms with Gasteiger partial charge in [-0.3, -0.25) is 14.9 Å². The van der Waals surface area contributed by atoms with E-state index in [1.165, 1.54) is 36.0 Å². The molecule has 1 aromatic heterocycles. The van der Waals surface area contributed by atoms with E-state index >= 15 is 0 Å². The maximum absolute atomic E-state index is 12.9. The molecule has 2 amide bonds. The van der Waals surface area contributed by atoms with E-state index in [1.54, 1.807) is 0 Å². The molecule has 3 aromatic carbocycles. The molecule has 0 aliphatic heterocycles. The zero-order valence-corrected chi connectivity index (χ0v) is 18.2. The molecule has 0 bridgehead atoms. The van der Waals surface area contributed by atoms with Crippen LogP contribution in [0.25, 0.3) is 10.8 Å². The Morgan fingerprint density at radius 1 is 0.938 bits per heavy atom. The molecule has 0 spiro atoms. The molecule has 2 N–H and O–H groups in total.